The van der Waals surface area contributed by atoms with E-state index in [1.54, 1.807) is 20.8 Å². The Labute approximate surface area is 123 Å². The summed E-state index contributed by atoms with van der Waals surface area (Å²) in [4.78, 5) is 11.9. The van der Waals surface area contributed by atoms with Crippen LogP contribution in [0.3, 0.4) is 0 Å². The van der Waals surface area contributed by atoms with E-state index >= 15 is 0 Å². The number of hydrogen-bond acceptors (Lipinski definition) is 2. The summed E-state index contributed by atoms with van der Waals surface area (Å²) >= 11 is 2.98. The van der Waals surface area contributed by atoms with Crippen LogP contribution in [0, 0.1) is 5.41 Å². The highest BCUT2D eigenvalue weighted by Crippen LogP contribution is 2.36. The van der Waals surface area contributed by atoms with Crippen LogP contribution in [0.2, 0.25) is 0 Å². The lowest BCUT2D eigenvalue weighted by atomic mass is 9.87. The molecular formula is C13H16BrF3N2O. The molecule has 0 aromatic heterocycles. The number of benzene rings is 1. The molecule has 0 radical (unpaired) electrons. The zero-order chi connectivity index (χ0) is 15.7. The van der Waals surface area contributed by atoms with Crippen molar-refractivity contribution in [1.29, 1.82) is 0 Å². The summed E-state index contributed by atoms with van der Waals surface area (Å²) in [6.07, 6.45) is -4.56. The number of rotatable bonds is 2. The molecule has 0 aliphatic rings. The first-order valence-electron chi connectivity index (χ1n) is 5.86. The van der Waals surface area contributed by atoms with E-state index < -0.39 is 29.1 Å². The number of alkyl halides is 3. The molecule has 0 unspecified atom stereocenters. The van der Waals surface area contributed by atoms with Gasteiger partial charge in [0.1, 0.15) is 0 Å². The van der Waals surface area contributed by atoms with Gasteiger partial charge in [0.2, 0.25) is 5.91 Å². The van der Waals surface area contributed by atoms with Gasteiger partial charge in [-0.15, -0.1) is 0 Å². The molecule has 0 saturated heterocycles. The average Bonchev–Trinajstić information content (AvgIpc) is 2.27. The summed E-state index contributed by atoms with van der Waals surface area (Å²) in [5.41, 5.74) is 3.97. The van der Waals surface area contributed by atoms with Gasteiger partial charge in [0, 0.05) is 4.47 Å². The molecule has 20 heavy (non-hydrogen) atoms. The van der Waals surface area contributed by atoms with Crippen molar-refractivity contribution in [3.8, 4) is 0 Å². The predicted octanol–water partition coefficient (Wildman–Crippen LogP) is 3.78. The summed E-state index contributed by atoms with van der Waals surface area (Å²) in [5, 5.41) is 2.25. The van der Waals surface area contributed by atoms with E-state index in [0.717, 1.165) is 6.07 Å². The summed E-state index contributed by atoms with van der Waals surface area (Å²) in [5.74, 6) is -0.648. The molecule has 0 aliphatic carbocycles. The van der Waals surface area contributed by atoms with Gasteiger partial charge in [0.25, 0.3) is 0 Å². The highest BCUT2D eigenvalue weighted by atomic mass is 79.9. The monoisotopic (exact) mass is 352 g/mol. The summed E-state index contributed by atoms with van der Waals surface area (Å²) in [6, 6.07) is 2.62. The van der Waals surface area contributed by atoms with Crippen molar-refractivity contribution in [1.82, 2.24) is 0 Å². The quantitative estimate of drug-likeness (QED) is 0.850. The van der Waals surface area contributed by atoms with Gasteiger partial charge in [-0.3, -0.25) is 4.79 Å². The van der Waals surface area contributed by atoms with Crippen LogP contribution in [-0.2, 0) is 11.0 Å². The first kappa shape index (κ1) is 17.0. The molecule has 1 rings (SSSR count). The first-order valence-corrected chi connectivity index (χ1v) is 6.65. The van der Waals surface area contributed by atoms with Crippen molar-refractivity contribution in [2.45, 2.75) is 33.0 Å². The number of carbonyl (C=O) groups is 1. The molecule has 0 heterocycles. The lowest BCUT2D eigenvalue weighted by molar-refractivity contribution is -0.137. The van der Waals surface area contributed by atoms with E-state index in [2.05, 4.69) is 21.2 Å². The van der Waals surface area contributed by atoms with Crippen molar-refractivity contribution in [2.24, 2.45) is 11.1 Å². The zero-order valence-corrected chi connectivity index (χ0v) is 12.9. The van der Waals surface area contributed by atoms with Crippen LogP contribution in [0.4, 0.5) is 18.9 Å². The molecule has 0 saturated carbocycles. The van der Waals surface area contributed by atoms with Gasteiger partial charge in [-0.2, -0.15) is 13.2 Å². The van der Waals surface area contributed by atoms with Crippen molar-refractivity contribution in [3.63, 3.8) is 0 Å². The molecule has 1 atom stereocenters. The van der Waals surface area contributed by atoms with Crippen LogP contribution in [0.1, 0.15) is 26.3 Å². The SMILES string of the molecule is CC(C)(C)[C@@H](N)C(=O)Nc1ccc(Br)cc1C(F)(F)F. The Morgan fingerprint density at radius 2 is 1.85 bits per heavy atom. The molecule has 0 spiro atoms. The van der Waals surface area contributed by atoms with Gasteiger partial charge in [-0.25, -0.2) is 0 Å². The van der Waals surface area contributed by atoms with E-state index in [1.165, 1.54) is 12.1 Å². The lowest BCUT2D eigenvalue weighted by Crippen LogP contribution is -2.45. The Bertz CT molecular complexity index is 509. The largest absolute Gasteiger partial charge is 0.418 e. The van der Waals surface area contributed by atoms with Gasteiger partial charge in [-0.05, 0) is 23.6 Å². The van der Waals surface area contributed by atoms with Crippen LogP contribution < -0.4 is 11.1 Å². The van der Waals surface area contributed by atoms with Crippen molar-refractivity contribution in [2.75, 3.05) is 5.32 Å². The van der Waals surface area contributed by atoms with Crippen LogP contribution in [0.25, 0.3) is 0 Å². The highest BCUT2D eigenvalue weighted by Gasteiger charge is 2.35. The minimum atomic E-state index is -4.56. The summed E-state index contributed by atoms with van der Waals surface area (Å²) in [6.45, 7) is 5.22. The fourth-order valence-electron chi connectivity index (χ4n) is 1.46. The third-order valence-corrected chi connectivity index (χ3v) is 3.25. The molecule has 0 bridgehead atoms. The average molecular weight is 353 g/mol. The first-order chi connectivity index (χ1) is 8.93. The van der Waals surface area contributed by atoms with Crippen LogP contribution in [-0.4, -0.2) is 11.9 Å². The number of hydrogen-bond donors (Lipinski definition) is 2. The Hall–Kier alpha value is -1.08. The van der Waals surface area contributed by atoms with Crippen molar-refractivity contribution in [3.05, 3.63) is 28.2 Å². The molecular weight excluding hydrogens is 337 g/mol. The summed E-state index contributed by atoms with van der Waals surface area (Å²) < 4.78 is 39.0. The molecule has 0 fully saturated rings. The number of nitrogens with two attached hydrogens (primary N) is 1. The van der Waals surface area contributed by atoms with E-state index in [4.69, 9.17) is 5.73 Å². The summed E-state index contributed by atoms with van der Waals surface area (Å²) in [7, 11) is 0. The second kappa shape index (κ2) is 5.73. The van der Waals surface area contributed by atoms with Crippen LogP contribution in [0.15, 0.2) is 22.7 Å². The zero-order valence-electron chi connectivity index (χ0n) is 11.3. The second-order valence-corrected chi connectivity index (χ2v) is 6.44. The van der Waals surface area contributed by atoms with Crippen LogP contribution >= 0.6 is 15.9 Å². The van der Waals surface area contributed by atoms with Gasteiger partial charge < -0.3 is 11.1 Å². The van der Waals surface area contributed by atoms with E-state index in [9.17, 15) is 18.0 Å². The number of nitrogens with one attached hydrogen (secondary N) is 1. The third-order valence-electron chi connectivity index (χ3n) is 2.76. The Balaban J connectivity index is 3.08. The number of carbonyl (C=O) groups excluding carboxylic acids is 1. The fourth-order valence-corrected chi connectivity index (χ4v) is 1.82. The van der Waals surface area contributed by atoms with E-state index in [0.29, 0.717) is 0 Å². The van der Waals surface area contributed by atoms with E-state index in [-0.39, 0.29) is 10.2 Å². The molecule has 1 aromatic carbocycles. The maximum absolute atomic E-state index is 12.9. The molecule has 7 heteroatoms. The normalized spacial score (nSPS) is 14.0. The van der Waals surface area contributed by atoms with Gasteiger partial charge in [0.05, 0.1) is 17.3 Å². The molecule has 3 N–H and O–H groups in total. The number of halogens is 4. The van der Waals surface area contributed by atoms with E-state index in [1.807, 2.05) is 0 Å². The Morgan fingerprint density at radius 3 is 2.30 bits per heavy atom. The topological polar surface area (TPSA) is 55.1 Å². The smallest absolute Gasteiger partial charge is 0.324 e. The lowest BCUT2D eigenvalue weighted by Gasteiger charge is -2.26. The number of amides is 1. The highest BCUT2D eigenvalue weighted by molar-refractivity contribution is 9.10. The Morgan fingerprint density at radius 1 is 1.30 bits per heavy atom. The second-order valence-electron chi connectivity index (χ2n) is 5.52. The van der Waals surface area contributed by atoms with Crippen LogP contribution in [0.5, 0.6) is 0 Å². The molecule has 1 aromatic rings. The molecule has 1 amide bonds. The fraction of sp³-hybridized carbons (Fsp3) is 0.462. The molecule has 0 aliphatic heterocycles. The number of anilines is 1. The minimum absolute atomic E-state index is 0.281. The minimum Gasteiger partial charge on any atom is -0.324 e. The van der Waals surface area contributed by atoms with Gasteiger partial charge in [0.15, 0.2) is 0 Å². The van der Waals surface area contributed by atoms with Crippen molar-refractivity contribution >= 4 is 27.5 Å². The van der Waals surface area contributed by atoms with Crippen molar-refractivity contribution < 1.29 is 18.0 Å². The standard InChI is InChI=1S/C13H16BrF3N2O/c1-12(2,3)10(18)11(20)19-9-5-4-7(14)6-8(9)13(15,16)17/h4-6,10H,18H2,1-3H3,(H,19,20)/t10-/m0/s1. The molecule has 3 nitrogen and oxygen atoms in total. The molecule has 112 valence electrons. The maximum atomic E-state index is 12.9. The Kier molecular flexibility index (Phi) is 4.86. The third kappa shape index (κ3) is 4.21. The van der Waals surface area contributed by atoms with Gasteiger partial charge in [-0.1, -0.05) is 36.7 Å². The van der Waals surface area contributed by atoms with Gasteiger partial charge >= 0.3 is 6.18 Å². The maximum Gasteiger partial charge on any atom is 0.418 e. The predicted molar refractivity (Wildman–Crippen MR) is 75.2 cm³/mol.